The second kappa shape index (κ2) is 7.20. The molecular weight excluding hydrogens is 232 g/mol. The zero-order chi connectivity index (χ0) is 13.5. The van der Waals surface area contributed by atoms with Gasteiger partial charge in [0.25, 0.3) is 0 Å². The topological polar surface area (TPSA) is 64.7 Å². The van der Waals surface area contributed by atoms with Crippen molar-refractivity contribution >= 4 is 11.9 Å². The fraction of sp³-hybridized carbons (Fsp3) is 0.833. The average molecular weight is 256 g/mol. The third-order valence-corrected chi connectivity index (χ3v) is 2.98. The predicted octanol–water partition coefficient (Wildman–Crippen LogP) is -0.142. The lowest BCUT2D eigenvalue weighted by Gasteiger charge is -2.16. The van der Waals surface area contributed by atoms with Crippen LogP contribution >= 0.6 is 0 Å². The molecule has 6 heteroatoms. The van der Waals surface area contributed by atoms with Crippen molar-refractivity contribution in [1.82, 2.24) is 20.4 Å². The maximum absolute atomic E-state index is 11.6. The number of hydrogen-bond donors (Lipinski definition) is 2. The number of urea groups is 1. The molecule has 0 saturated carbocycles. The van der Waals surface area contributed by atoms with Gasteiger partial charge in [-0.3, -0.25) is 4.79 Å². The minimum Gasteiger partial charge on any atom is -0.350 e. The number of carbonyl (C=O) groups excluding carboxylic acids is 2. The van der Waals surface area contributed by atoms with Gasteiger partial charge in [0.05, 0.1) is 6.54 Å². The van der Waals surface area contributed by atoms with E-state index in [4.69, 9.17) is 0 Å². The van der Waals surface area contributed by atoms with Crippen molar-refractivity contribution in [3.05, 3.63) is 0 Å². The summed E-state index contributed by atoms with van der Waals surface area (Å²) in [5.41, 5.74) is 0. The largest absolute Gasteiger partial charge is 0.350 e. The Kier molecular flexibility index (Phi) is 5.91. The van der Waals surface area contributed by atoms with Crippen LogP contribution in [-0.4, -0.2) is 68.1 Å². The van der Waals surface area contributed by atoms with Crippen LogP contribution in [-0.2, 0) is 4.79 Å². The quantitative estimate of drug-likeness (QED) is 0.719. The van der Waals surface area contributed by atoms with Gasteiger partial charge in [-0.1, -0.05) is 6.92 Å². The lowest BCUT2D eigenvalue weighted by atomic mass is 10.2. The normalized spacial score (nSPS) is 19.6. The monoisotopic (exact) mass is 256 g/mol. The third kappa shape index (κ3) is 4.91. The Morgan fingerprint density at radius 3 is 2.72 bits per heavy atom. The molecule has 1 atom stereocenters. The number of rotatable bonds is 5. The summed E-state index contributed by atoms with van der Waals surface area (Å²) < 4.78 is 0. The Bertz CT molecular complexity index is 294. The molecule has 0 aromatic rings. The van der Waals surface area contributed by atoms with Gasteiger partial charge in [0.2, 0.25) is 5.91 Å². The van der Waals surface area contributed by atoms with Crippen molar-refractivity contribution in [2.45, 2.75) is 25.8 Å². The maximum atomic E-state index is 11.6. The molecule has 1 rings (SSSR count). The Balaban J connectivity index is 2.19. The number of likely N-dealkylation sites (tertiary alicyclic amines) is 1. The van der Waals surface area contributed by atoms with Crippen LogP contribution in [0.4, 0.5) is 4.79 Å². The molecule has 0 aliphatic carbocycles. The molecule has 0 spiro atoms. The summed E-state index contributed by atoms with van der Waals surface area (Å²) >= 11 is 0. The Labute approximate surface area is 109 Å². The summed E-state index contributed by atoms with van der Waals surface area (Å²) in [7, 11) is 3.29. The predicted molar refractivity (Wildman–Crippen MR) is 70.4 cm³/mol. The van der Waals surface area contributed by atoms with Crippen LogP contribution < -0.4 is 10.6 Å². The molecule has 18 heavy (non-hydrogen) atoms. The van der Waals surface area contributed by atoms with E-state index in [1.807, 2.05) is 0 Å². The number of nitrogens with zero attached hydrogens (tertiary/aromatic N) is 2. The first-order chi connectivity index (χ1) is 8.52. The van der Waals surface area contributed by atoms with Gasteiger partial charge in [0.1, 0.15) is 0 Å². The van der Waals surface area contributed by atoms with Crippen molar-refractivity contribution in [2.75, 3.05) is 40.3 Å². The SMILES string of the molecule is CCCN1CC[C@H](NC(=O)CNC(=O)N(C)C)C1. The zero-order valence-corrected chi connectivity index (χ0v) is 11.5. The first kappa shape index (κ1) is 14.8. The molecule has 0 bridgehead atoms. The summed E-state index contributed by atoms with van der Waals surface area (Å²) in [5, 5.41) is 5.50. The van der Waals surface area contributed by atoms with E-state index in [2.05, 4.69) is 22.5 Å². The summed E-state index contributed by atoms with van der Waals surface area (Å²) in [5.74, 6) is -0.117. The van der Waals surface area contributed by atoms with Gasteiger partial charge in [0, 0.05) is 33.2 Å². The zero-order valence-electron chi connectivity index (χ0n) is 11.5. The Hall–Kier alpha value is -1.30. The fourth-order valence-electron chi connectivity index (χ4n) is 2.06. The molecule has 0 radical (unpaired) electrons. The van der Waals surface area contributed by atoms with Gasteiger partial charge in [-0.25, -0.2) is 4.79 Å². The summed E-state index contributed by atoms with van der Waals surface area (Å²) in [6.45, 7) is 5.25. The molecule has 3 amide bonds. The van der Waals surface area contributed by atoms with Gasteiger partial charge in [-0.2, -0.15) is 0 Å². The van der Waals surface area contributed by atoms with E-state index in [-0.39, 0.29) is 24.5 Å². The molecule has 1 aliphatic heterocycles. The molecule has 1 heterocycles. The van der Waals surface area contributed by atoms with Crippen LogP contribution in [0, 0.1) is 0 Å². The average Bonchev–Trinajstić information content (AvgIpc) is 2.73. The molecule has 2 N–H and O–H groups in total. The molecule has 1 fully saturated rings. The van der Waals surface area contributed by atoms with Crippen LogP contribution in [0.3, 0.4) is 0 Å². The van der Waals surface area contributed by atoms with Gasteiger partial charge in [-0.05, 0) is 19.4 Å². The second-order valence-electron chi connectivity index (χ2n) is 4.91. The minimum absolute atomic E-state index is 0.0429. The number of carbonyl (C=O) groups is 2. The third-order valence-electron chi connectivity index (χ3n) is 2.98. The van der Waals surface area contributed by atoms with Crippen LogP contribution in [0.25, 0.3) is 0 Å². The minimum atomic E-state index is -0.246. The maximum Gasteiger partial charge on any atom is 0.317 e. The second-order valence-corrected chi connectivity index (χ2v) is 4.91. The highest BCUT2D eigenvalue weighted by atomic mass is 16.2. The first-order valence-corrected chi connectivity index (χ1v) is 6.49. The van der Waals surface area contributed by atoms with E-state index >= 15 is 0 Å². The molecule has 1 saturated heterocycles. The molecule has 104 valence electrons. The van der Waals surface area contributed by atoms with Crippen molar-refractivity contribution < 1.29 is 9.59 Å². The molecule has 0 aromatic carbocycles. The number of hydrogen-bond acceptors (Lipinski definition) is 3. The van der Waals surface area contributed by atoms with Crippen LogP contribution in [0.2, 0.25) is 0 Å². The van der Waals surface area contributed by atoms with Crippen molar-refractivity contribution in [3.63, 3.8) is 0 Å². The molecule has 0 aromatic heterocycles. The summed E-state index contributed by atoms with van der Waals surface area (Å²) in [6, 6.07) is -0.0236. The van der Waals surface area contributed by atoms with E-state index in [1.54, 1.807) is 14.1 Å². The molecule has 6 nitrogen and oxygen atoms in total. The van der Waals surface area contributed by atoms with Crippen LogP contribution in [0.5, 0.6) is 0 Å². The summed E-state index contributed by atoms with van der Waals surface area (Å²) in [6.07, 6.45) is 2.13. The highest BCUT2D eigenvalue weighted by molar-refractivity contribution is 5.83. The van der Waals surface area contributed by atoms with Crippen molar-refractivity contribution in [3.8, 4) is 0 Å². The molecule has 1 aliphatic rings. The standard InChI is InChI=1S/C12H24N4O2/c1-4-6-16-7-5-10(9-16)14-11(17)8-13-12(18)15(2)3/h10H,4-9H2,1-3H3,(H,13,18)(H,14,17)/t10-/m0/s1. The van der Waals surface area contributed by atoms with E-state index in [0.29, 0.717) is 0 Å². The molecule has 0 unspecified atom stereocenters. The number of amides is 3. The van der Waals surface area contributed by atoms with E-state index in [0.717, 1.165) is 32.5 Å². The molecular formula is C12H24N4O2. The first-order valence-electron chi connectivity index (χ1n) is 6.49. The fourth-order valence-corrected chi connectivity index (χ4v) is 2.06. The van der Waals surface area contributed by atoms with Gasteiger partial charge in [-0.15, -0.1) is 0 Å². The van der Waals surface area contributed by atoms with Crippen molar-refractivity contribution in [1.29, 1.82) is 0 Å². The highest BCUT2D eigenvalue weighted by Gasteiger charge is 2.22. The summed E-state index contributed by atoms with van der Waals surface area (Å²) in [4.78, 5) is 26.6. The van der Waals surface area contributed by atoms with Gasteiger partial charge >= 0.3 is 6.03 Å². The highest BCUT2D eigenvalue weighted by Crippen LogP contribution is 2.08. The van der Waals surface area contributed by atoms with Gasteiger partial charge in [0.15, 0.2) is 0 Å². The number of nitrogens with one attached hydrogen (secondary N) is 2. The lowest BCUT2D eigenvalue weighted by Crippen LogP contribution is -2.45. The van der Waals surface area contributed by atoms with Crippen molar-refractivity contribution in [2.24, 2.45) is 0 Å². The van der Waals surface area contributed by atoms with E-state index < -0.39 is 0 Å². The van der Waals surface area contributed by atoms with Gasteiger partial charge < -0.3 is 20.4 Å². The lowest BCUT2D eigenvalue weighted by molar-refractivity contribution is -0.120. The van der Waals surface area contributed by atoms with Crippen LogP contribution in [0.15, 0.2) is 0 Å². The Morgan fingerprint density at radius 1 is 1.39 bits per heavy atom. The Morgan fingerprint density at radius 2 is 2.11 bits per heavy atom. The van der Waals surface area contributed by atoms with Crippen LogP contribution in [0.1, 0.15) is 19.8 Å². The van der Waals surface area contributed by atoms with E-state index in [1.165, 1.54) is 4.90 Å². The smallest absolute Gasteiger partial charge is 0.317 e. The van der Waals surface area contributed by atoms with E-state index in [9.17, 15) is 9.59 Å².